The number of ketones is 1. The molecule has 0 unspecified atom stereocenters. The summed E-state index contributed by atoms with van der Waals surface area (Å²) in [4.78, 5) is 20.5. The average Bonchev–Trinajstić information content (AvgIpc) is 2.83. The summed E-state index contributed by atoms with van der Waals surface area (Å²) in [6.45, 7) is 0. The first kappa shape index (κ1) is 11.8. The number of pyridine rings is 1. The highest BCUT2D eigenvalue weighted by molar-refractivity contribution is 7.13. The molecule has 0 saturated heterocycles. The van der Waals surface area contributed by atoms with Crippen LogP contribution in [-0.4, -0.2) is 15.8 Å². The minimum Gasteiger partial charge on any atom is -0.375 e. The van der Waals surface area contributed by atoms with E-state index in [1.807, 2.05) is 35.7 Å². The predicted molar refractivity (Wildman–Crippen MR) is 76.3 cm³/mol. The predicted octanol–water partition coefficient (Wildman–Crippen LogP) is 2.70. The standard InChI is InChI=1S/C14H11N3OS/c15-14-17-11(8-19-14)7-13(18)10-4-3-9-2-1-5-16-12(9)6-10/h1-6,8H,7H2,(H2,15,17). The zero-order valence-electron chi connectivity index (χ0n) is 10.0. The van der Waals surface area contributed by atoms with Gasteiger partial charge in [-0.05, 0) is 12.1 Å². The number of benzene rings is 1. The SMILES string of the molecule is Nc1nc(CC(=O)c2ccc3cccnc3c2)cs1. The van der Waals surface area contributed by atoms with Crippen LogP contribution in [0.5, 0.6) is 0 Å². The molecule has 2 heterocycles. The third kappa shape index (κ3) is 2.46. The van der Waals surface area contributed by atoms with E-state index in [9.17, 15) is 4.79 Å². The van der Waals surface area contributed by atoms with E-state index in [-0.39, 0.29) is 12.2 Å². The van der Waals surface area contributed by atoms with Crippen molar-refractivity contribution in [2.24, 2.45) is 0 Å². The van der Waals surface area contributed by atoms with E-state index in [0.717, 1.165) is 10.9 Å². The number of nitrogens with two attached hydrogens (primary N) is 1. The zero-order valence-corrected chi connectivity index (χ0v) is 10.9. The number of thiazole rings is 1. The molecule has 19 heavy (non-hydrogen) atoms. The molecule has 0 radical (unpaired) electrons. The molecule has 3 aromatic rings. The topological polar surface area (TPSA) is 68.9 Å². The number of hydrogen-bond donors (Lipinski definition) is 1. The minimum atomic E-state index is 0.0258. The lowest BCUT2D eigenvalue weighted by atomic mass is 10.0. The number of rotatable bonds is 3. The molecule has 0 aliphatic carbocycles. The van der Waals surface area contributed by atoms with Crippen LogP contribution in [0.25, 0.3) is 10.9 Å². The van der Waals surface area contributed by atoms with Crippen molar-refractivity contribution in [2.45, 2.75) is 6.42 Å². The molecule has 2 aromatic heterocycles. The maximum absolute atomic E-state index is 12.2. The molecule has 0 fully saturated rings. The van der Waals surface area contributed by atoms with E-state index in [4.69, 9.17) is 5.73 Å². The van der Waals surface area contributed by atoms with Gasteiger partial charge in [0.15, 0.2) is 10.9 Å². The Morgan fingerprint density at radius 2 is 2.21 bits per heavy atom. The number of Topliss-reactive ketones (excluding diaryl/α,β-unsaturated/α-hetero) is 1. The van der Waals surface area contributed by atoms with Crippen LogP contribution in [0.1, 0.15) is 16.1 Å². The van der Waals surface area contributed by atoms with E-state index < -0.39 is 0 Å². The summed E-state index contributed by atoms with van der Waals surface area (Å²) in [6, 6.07) is 9.39. The summed E-state index contributed by atoms with van der Waals surface area (Å²) in [6.07, 6.45) is 1.99. The smallest absolute Gasteiger partial charge is 0.180 e. The first-order valence-corrected chi connectivity index (χ1v) is 6.68. The van der Waals surface area contributed by atoms with Gasteiger partial charge in [0.05, 0.1) is 17.6 Å². The fourth-order valence-corrected chi connectivity index (χ4v) is 2.47. The monoisotopic (exact) mass is 269 g/mol. The maximum atomic E-state index is 12.2. The largest absolute Gasteiger partial charge is 0.375 e. The van der Waals surface area contributed by atoms with Gasteiger partial charge in [-0.2, -0.15) is 0 Å². The van der Waals surface area contributed by atoms with Gasteiger partial charge in [-0.25, -0.2) is 4.98 Å². The molecule has 0 amide bonds. The number of hydrogen-bond acceptors (Lipinski definition) is 5. The van der Waals surface area contributed by atoms with Gasteiger partial charge in [0.25, 0.3) is 0 Å². The van der Waals surface area contributed by atoms with Crippen molar-refractivity contribution >= 4 is 33.2 Å². The van der Waals surface area contributed by atoms with Crippen molar-refractivity contribution in [1.29, 1.82) is 0 Å². The lowest BCUT2D eigenvalue weighted by Crippen LogP contribution is -2.04. The Bertz CT molecular complexity index is 751. The molecule has 3 rings (SSSR count). The van der Waals surface area contributed by atoms with Crippen LogP contribution in [0.3, 0.4) is 0 Å². The van der Waals surface area contributed by atoms with Gasteiger partial charge in [-0.15, -0.1) is 11.3 Å². The third-order valence-electron chi connectivity index (χ3n) is 2.84. The Balaban J connectivity index is 1.89. The van der Waals surface area contributed by atoms with Gasteiger partial charge in [-0.3, -0.25) is 9.78 Å². The van der Waals surface area contributed by atoms with E-state index in [1.54, 1.807) is 6.20 Å². The van der Waals surface area contributed by atoms with Crippen LogP contribution in [0.4, 0.5) is 5.13 Å². The summed E-state index contributed by atoms with van der Waals surface area (Å²) in [5.74, 6) is 0.0258. The van der Waals surface area contributed by atoms with Crippen LogP contribution in [0, 0.1) is 0 Å². The van der Waals surface area contributed by atoms with Crippen molar-refractivity contribution in [3.05, 3.63) is 53.2 Å². The van der Waals surface area contributed by atoms with Crippen molar-refractivity contribution in [2.75, 3.05) is 5.73 Å². The fraction of sp³-hybridized carbons (Fsp3) is 0.0714. The number of carbonyl (C=O) groups excluding carboxylic acids is 1. The average molecular weight is 269 g/mol. The molecule has 0 aliphatic heterocycles. The molecule has 0 bridgehead atoms. The second-order valence-electron chi connectivity index (χ2n) is 4.19. The maximum Gasteiger partial charge on any atom is 0.180 e. The molecule has 4 nitrogen and oxygen atoms in total. The summed E-state index contributed by atoms with van der Waals surface area (Å²) >= 11 is 1.35. The molecule has 2 N–H and O–H groups in total. The van der Waals surface area contributed by atoms with Gasteiger partial charge in [0.2, 0.25) is 0 Å². The second-order valence-corrected chi connectivity index (χ2v) is 5.08. The van der Waals surface area contributed by atoms with Crippen molar-refractivity contribution in [3.8, 4) is 0 Å². The number of nitrogen functional groups attached to an aromatic ring is 1. The van der Waals surface area contributed by atoms with Gasteiger partial charge in [0, 0.05) is 22.5 Å². The first-order valence-electron chi connectivity index (χ1n) is 5.80. The molecular formula is C14H11N3OS. The third-order valence-corrected chi connectivity index (χ3v) is 3.56. The number of carbonyl (C=O) groups is 1. The van der Waals surface area contributed by atoms with Gasteiger partial charge in [0.1, 0.15) is 0 Å². The summed E-state index contributed by atoms with van der Waals surface area (Å²) in [5.41, 5.74) is 7.75. The normalized spacial score (nSPS) is 10.7. The van der Waals surface area contributed by atoms with E-state index in [2.05, 4.69) is 9.97 Å². The highest BCUT2D eigenvalue weighted by Crippen LogP contribution is 2.17. The van der Waals surface area contributed by atoms with Crippen molar-refractivity contribution < 1.29 is 4.79 Å². The molecule has 5 heteroatoms. The number of nitrogens with zero attached hydrogens (tertiary/aromatic N) is 2. The summed E-state index contributed by atoms with van der Waals surface area (Å²) < 4.78 is 0. The van der Waals surface area contributed by atoms with Gasteiger partial charge >= 0.3 is 0 Å². The number of aromatic nitrogens is 2. The fourth-order valence-electron chi connectivity index (χ4n) is 1.91. The summed E-state index contributed by atoms with van der Waals surface area (Å²) in [5, 5.41) is 3.33. The van der Waals surface area contributed by atoms with E-state index >= 15 is 0 Å². The van der Waals surface area contributed by atoms with Crippen LogP contribution in [-0.2, 0) is 6.42 Å². The molecule has 1 aromatic carbocycles. The molecule has 0 spiro atoms. The van der Waals surface area contributed by atoms with Crippen LogP contribution in [0.2, 0.25) is 0 Å². The van der Waals surface area contributed by atoms with Crippen LogP contribution >= 0.6 is 11.3 Å². The van der Waals surface area contributed by atoms with Crippen molar-refractivity contribution in [3.63, 3.8) is 0 Å². The zero-order chi connectivity index (χ0) is 13.2. The quantitative estimate of drug-likeness (QED) is 0.742. The lowest BCUT2D eigenvalue weighted by Gasteiger charge is -2.01. The molecule has 0 aliphatic rings. The van der Waals surface area contributed by atoms with E-state index in [1.165, 1.54) is 11.3 Å². The van der Waals surface area contributed by atoms with Crippen LogP contribution in [0.15, 0.2) is 41.9 Å². The second kappa shape index (κ2) is 4.78. The Hall–Kier alpha value is -2.27. The molecule has 94 valence electrons. The van der Waals surface area contributed by atoms with Crippen LogP contribution < -0.4 is 5.73 Å². The number of fused-ring (bicyclic) bond motifs is 1. The number of anilines is 1. The van der Waals surface area contributed by atoms with Gasteiger partial charge < -0.3 is 5.73 Å². The Morgan fingerprint density at radius 3 is 3.00 bits per heavy atom. The van der Waals surface area contributed by atoms with Gasteiger partial charge in [-0.1, -0.05) is 18.2 Å². The minimum absolute atomic E-state index is 0.0258. The summed E-state index contributed by atoms with van der Waals surface area (Å²) in [7, 11) is 0. The highest BCUT2D eigenvalue weighted by Gasteiger charge is 2.10. The van der Waals surface area contributed by atoms with E-state index in [0.29, 0.717) is 16.4 Å². The molecule has 0 saturated carbocycles. The molecular weight excluding hydrogens is 258 g/mol. The lowest BCUT2D eigenvalue weighted by molar-refractivity contribution is 0.0992. The Kier molecular flexibility index (Phi) is 2.97. The van der Waals surface area contributed by atoms with Crippen molar-refractivity contribution in [1.82, 2.24) is 9.97 Å². The molecule has 0 atom stereocenters. The first-order chi connectivity index (χ1) is 9.22. The Labute approximate surface area is 113 Å². The highest BCUT2D eigenvalue weighted by atomic mass is 32.1. The Morgan fingerprint density at radius 1 is 1.32 bits per heavy atom.